The van der Waals surface area contributed by atoms with Crippen LogP contribution in [0.2, 0.25) is 0 Å². The number of anilines is 1. The van der Waals surface area contributed by atoms with Gasteiger partial charge in [0.1, 0.15) is 22.6 Å². The van der Waals surface area contributed by atoms with E-state index in [1.54, 1.807) is 26.1 Å². The highest BCUT2D eigenvalue weighted by Crippen LogP contribution is 2.37. The Morgan fingerprint density at radius 3 is 2.48 bits per heavy atom. The summed E-state index contributed by atoms with van der Waals surface area (Å²) in [6.45, 7) is 7.40. The minimum atomic E-state index is -0.739. The highest BCUT2D eigenvalue weighted by molar-refractivity contribution is 6.07. The van der Waals surface area contributed by atoms with Crippen molar-refractivity contribution in [2.24, 2.45) is 0 Å². The van der Waals surface area contributed by atoms with Crippen LogP contribution in [-0.4, -0.2) is 33.1 Å². The maximum Gasteiger partial charge on any atom is 0.261 e. The van der Waals surface area contributed by atoms with Gasteiger partial charge in [0.25, 0.3) is 5.91 Å². The van der Waals surface area contributed by atoms with E-state index in [4.69, 9.17) is 9.47 Å². The van der Waals surface area contributed by atoms with Crippen LogP contribution in [0.4, 0.5) is 14.5 Å². The molecule has 5 aromatic rings. The van der Waals surface area contributed by atoms with Crippen molar-refractivity contribution >= 4 is 22.6 Å². The zero-order valence-electron chi connectivity index (χ0n) is 23.6. The number of ether oxygens (including phenoxy) is 2. The van der Waals surface area contributed by atoms with Crippen molar-refractivity contribution in [1.82, 2.24) is 15.0 Å². The van der Waals surface area contributed by atoms with Crippen LogP contribution in [0, 0.1) is 25.5 Å². The molecule has 0 bridgehead atoms. The number of fused-ring (bicyclic) bond motifs is 1. The number of hydrogen-bond acceptors (Lipinski definition) is 7. The Labute approximate surface area is 241 Å². The highest BCUT2D eigenvalue weighted by atomic mass is 19.1. The fourth-order valence-corrected chi connectivity index (χ4v) is 4.67. The summed E-state index contributed by atoms with van der Waals surface area (Å²) in [7, 11) is 1.53. The van der Waals surface area contributed by atoms with Gasteiger partial charge in [-0.1, -0.05) is 19.9 Å². The number of pyridine rings is 3. The maximum absolute atomic E-state index is 15.2. The molecular weight excluding hydrogens is 542 g/mol. The molecule has 10 heteroatoms. The van der Waals surface area contributed by atoms with Crippen LogP contribution in [-0.2, 0) is 0 Å². The number of amides is 1. The summed E-state index contributed by atoms with van der Waals surface area (Å²) < 4.78 is 40.1. The molecule has 214 valence electrons. The standard InChI is InChI=1S/C32H28F2N4O4/c1-16(2)22-14-25-29(38-32(22)41-5)27(10-11-35-25)42-26-9-7-20(13-24(26)34)37-31(40)23-15-36-18(4)28(30(23)39)21-8-6-19(33)12-17(21)3/h6-16H,1-5H3,(H,36,39)(H,37,40). The number of carbonyl (C=O) groups is 1. The lowest BCUT2D eigenvalue weighted by molar-refractivity contribution is 0.102. The van der Waals surface area contributed by atoms with Crippen molar-refractivity contribution in [2.75, 3.05) is 12.4 Å². The molecule has 0 atom stereocenters. The summed E-state index contributed by atoms with van der Waals surface area (Å²) >= 11 is 0. The van der Waals surface area contributed by atoms with Gasteiger partial charge < -0.3 is 19.9 Å². The van der Waals surface area contributed by atoms with Gasteiger partial charge in [0.2, 0.25) is 5.88 Å². The van der Waals surface area contributed by atoms with E-state index in [0.29, 0.717) is 39.3 Å². The number of nitrogens with zero attached hydrogens (tertiary/aromatic N) is 3. The molecule has 0 spiro atoms. The number of carbonyl (C=O) groups excluding carboxylic acids is 1. The van der Waals surface area contributed by atoms with Crippen LogP contribution in [0.15, 0.2) is 60.9 Å². The summed E-state index contributed by atoms with van der Waals surface area (Å²) in [4.78, 5) is 26.2. The van der Waals surface area contributed by atoms with E-state index in [1.807, 2.05) is 19.9 Å². The monoisotopic (exact) mass is 570 g/mol. The van der Waals surface area contributed by atoms with Crippen molar-refractivity contribution in [1.29, 1.82) is 0 Å². The number of aryl methyl sites for hydroxylation is 2. The third-order valence-electron chi connectivity index (χ3n) is 6.84. The zero-order valence-corrected chi connectivity index (χ0v) is 23.6. The molecule has 0 aliphatic carbocycles. The second-order valence-electron chi connectivity index (χ2n) is 10.1. The lowest BCUT2D eigenvalue weighted by Gasteiger charge is -2.15. The molecule has 3 heterocycles. The fraction of sp³-hybridized carbons (Fsp3) is 0.188. The molecule has 42 heavy (non-hydrogen) atoms. The molecular formula is C32H28F2N4O4. The van der Waals surface area contributed by atoms with E-state index < -0.39 is 17.5 Å². The van der Waals surface area contributed by atoms with Crippen LogP contribution >= 0.6 is 0 Å². The van der Waals surface area contributed by atoms with E-state index in [-0.39, 0.29) is 34.4 Å². The van der Waals surface area contributed by atoms with Gasteiger partial charge in [0.05, 0.1) is 12.6 Å². The molecule has 3 aromatic heterocycles. The highest BCUT2D eigenvalue weighted by Gasteiger charge is 2.21. The van der Waals surface area contributed by atoms with Crippen LogP contribution < -0.4 is 14.8 Å². The largest absolute Gasteiger partial charge is 0.506 e. The molecule has 0 aliphatic heterocycles. The second-order valence-corrected chi connectivity index (χ2v) is 10.1. The Balaban J connectivity index is 1.41. The third kappa shape index (κ3) is 5.43. The molecule has 0 unspecified atom stereocenters. The summed E-state index contributed by atoms with van der Waals surface area (Å²) in [5, 5.41) is 13.6. The van der Waals surface area contributed by atoms with E-state index in [0.717, 1.165) is 11.6 Å². The zero-order chi connectivity index (χ0) is 30.1. The number of halogens is 2. The van der Waals surface area contributed by atoms with Crippen molar-refractivity contribution in [2.45, 2.75) is 33.6 Å². The summed E-state index contributed by atoms with van der Waals surface area (Å²) in [5.74, 6) is -1.41. The number of rotatable bonds is 7. The molecule has 1 amide bonds. The van der Waals surface area contributed by atoms with Crippen molar-refractivity contribution in [3.05, 3.63) is 94.9 Å². The number of benzene rings is 2. The van der Waals surface area contributed by atoms with Crippen LogP contribution in [0.3, 0.4) is 0 Å². The predicted octanol–water partition coefficient (Wildman–Crippen LogP) is 7.47. The van der Waals surface area contributed by atoms with Gasteiger partial charge in [0, 0.05) is 47.0 Å². The average Bonchev–Trinajstić information content (AvgIpc) is 2.94. The Morgan fingerprint density at radius 2 is 1.79 bits per heavy atom. The number of hydrogen-bond donors (Lipinski definition) is 2. The maximum atomic E-state index is 15.2. The fourth-order valence-electron chi connectivity index (χ4n) is 4.67. The minimum Gasteiger partial charge on any atom is -0.506 e. The first kappa shape index (κ1) is 28.4. The van der Waals surface area contributed by atoms with Gasteiger partial charge in [-0.05, 0) is 61.2 Å². The van der Waals surface area contributed by atoms with Gasteiger partial charge in [-0.25, -0.2) is 13.8 Å². The van der Waals surface area contributed by atoms with E-state index >= 15 is 4.39 Å². The number of methoxy groups -OCH3 is 1. The van der Waals surface area contributed by atoms with Gasteiger partial charge in [-0.2, -0.15) is 0 Å². The van der Waals surface area contributed by atoms with Crippen molar-refractivity contribution in [3.8, 4) is 34.3 Å². The quantitative estimate of drug-likeness (QED) is 0.209. The predicted molar refractivity (Wildman–Crippen MR) is 155 cm³/mol. The van der Waals surface area contributed by atoms with Gasteiger partial charge in [-0.15, -0.1) is 0 Å². The Bertz CT molecular complexity index is 1840. The molecule has 2 aromatic carbocycles. The van der Waals surface area contributed by atoms with Crippen LogP contribution in [0.1, 0.15) is 46.9 Å². The smallest absolute Gasteiger partial charge is 0.261 e. The Hall–Kier alpha value is -5.12. The summed E-state index contributed by atoms with van der Waals surface area (Å²) in [6.07, 6.45) is 2.78. The molecule has 5 rings (SSSR count). The lowest BCUT2D eigenvalue weighted by atomic mass is 9.96. The van der Waals surface area contributed by atoms with E-state index in [9.17, 15) is 14.3 Å². The second kappa shape index (κ2) is 11.4. The first-order valence-corrected chi connectivity index (χ1v) is 13.1. The number of nitrogens with one attached hydrogen (secondary N) is 1. The van der Waals surface area contributed by atoms with Crippen molar-refractivity contribution < 1.29 is 28.2 Å². The van der Waals surface area contributed by atoms with Crippen molar-refractivity contribution in [3.63, 3.8) is 0 Å². The van der Waals surface area contributed by atoms with E-state index in [1.165, 1.54) is 43.6 Å². The SMILES string of the molecule is COc1nc2c(Oc3ccc(NC(=O)c4cnc(C)c(-c5ccc(F)cc5C)c4O)cc3F)ccnc2cc1C(C)C. The molecule has 0 radical (unpaired) electrons. The van der Waals surface area contributed by atoms with Gasteiger partial charge in [0.15, 0.2) is 17.3 Å². The molecule has 8 nitrogen and oxygen atoms in total. The minimum absolute atomic E-state index is 0.0943. The molecule has 2 N–H and O–H groups in total. The topological polar surface area (TPSA) is 106 Å². The van der Waals surface area contributed by atoms with Crippen LogP contribution in [0.5, 0.6) is 23.1 Å². The average molecular weight is 571 g/mol. The first-order valence-electron chi connectivity index (χ1n) is 13.1. The number of aromatic nitrogens is 3. The Kier molecular flexibility index (Phi) is 7.71. The summed E-state index contributed by atoms with van der Waals surface area (Å²) in [6, 6.07) is 11.5. The van der Waals surface area contributed by atoms with Crippen LogP contribution in [0.25, 0.3) is 22.2 Å². The van der Waals surface area contributed by atoms with E-state index in [2.05, 4.69) is 20.3 Å². The normalized spacial score (nSPS) is 11.1. The lowest BCUT2D eigenvalue weighted by Crippen LogP contribution is -2.13. The first-order chi connectivity index (χ1) is 20.1. The Morgan fingerprint density at radius 1 is 1.00 bits per heavy atom. The van der Waals surface area contributed by atoms with Gasteiger partial charge >= 0.3 is 0 Å². The molecule has 0 saturated heterocycles. The summed E-state index contributed by atoms with van der Waals surface area (Å²) in [5.41, 5.74) is 3.75. The third-order valence-corrected chi connectivity index (χ3v) is 6.84. The molecule has 0 saturated carbocycles. The van der Waals surface area contributed by atoms with Gasteiger partial charge in [-0.3, -0.25) is 14.8 Å². The number of aromatic hydroxyl groups is 1. The molecule has 0 aliphatic rings. The molecule has 0 fully saturated rings.